The highest BCUT2D eigenvalue weighted by Crippen LogP contribution is 2.18. The molecule has 2 rings (SSSR count). The highest BCUT2D eigenvalue weighted by atomic mass is 32.2. The zero-order valence-electron chi connectivity index (χ0n) is 13.8. The summed E-state index contributed by atoms with van der Waals surface area (Å²) in [6, 6.07) is 15.0. The molecule has 0 aromatic heterocycles. The van der Waals surface area contributed by atoms with Gasteiger partial charge < -0.3 is 11.1 Å². The Morgan fingerprint density at radius 2 is 1.75 bits per heavy atom. The van der Waals surface area contributed by atoms with Gasteiger partial charge in [0.1, 0.15) is 0 Å². The summed E-state index contributed by atoms with van der Waals surface area (Å²) < 4.78 is 25.1. The lowest BCUT2D eigenvalue weighted by molar-refractivity contribution is 0.0915. The molecule has 1 amide bonds. The van der Waals surface area contributed by atoms with Crippen LogP contribution in [0.4, 0.5) is 0 Å². The molecule has 0 fully saturated rings. The fourth-order valence-corrected chi connectivity index (χ4v) is 3.53. The van der Waals surface area contributed by atoms with Crippen LogP contribution in [0.5, 0.6) is 0 Å². The minimum Gasteiger partial charge on any atom is -0.346 e. The van der Waals surface area contributed by atoms with Crippen LogP contribution in [-0.4, -0.2) is 26.4 Å². The smallest absolute Gasteiger partial charge is 0.251 e. The van der Waals surface area contributed by atoms with Gasteiger partial charge in [-0.05, 0) is 37.6 Å². The molecule has 24 heavy (non-hydrogen) atoms. The van der Waals surface area contributed by atoms with Crippen LogP contribution in [0.2, 0.25) is 0 Å². The zero-order chi connectivity index (χ0) is 17.8. The molecule has 0 atom stereocenters. The Balaban J connectivity index is 2.25. The van der Waals surface area contributed by atoms with Crippen molar-refractivity contribution in [2.45, 2.75) is 30.0 Å². The summed E-state index contributed by atoms with van der Waals surface area (Å²) in [5.41, 5.74) is 6.05. The average molecular weight is 346 g/mol. The zero-order valence-corrected chi connectivity index (χ0v) is 14.6. The minimum absolute atomic E-state index is 0.104. The Morgan fingerprint density at radius 1 is 1.08 bits per heavy atom. The lowest BCUT2D eigenvalue weighted by Gasteiger charge is -2.24. The van der Waals surface area contributed by atoms with Crippen LogP contribution in [0.25, 0.3) is 0 Å². The number of carbonyl (C=O) groups excluding carboxylic acids is 1. The number of benzene rings is 2. The van der Waals surface area contributed by atoms with E-state index in [1.54, 1.807) is 50.2 Å². The van der Waals surface area contributed by atoms with Crippen molar-refractivity contribution in [2.75, 3.05) is 6.54 Å². The summed E-state index contributed by atoms with van der Waals surface area (Å²) >= 11 is 0. The van der Waals surface area contributed by atoms with Crippen LogP contribution in [-0.2, 0) is 15.6 Å². The third-order valence-corrected chi connectivity index (χ3v) is 5.30. The lowest BCUT2D eigenvalue weighted by atomic mass is 10.1. The lowest BCUT2D eigenvalue weighted by Crippen LogP contribution is -2.48. The molecule has 0 bridgehead atoms. The van der Waals surface area contributed by atoms with E-state index in [1.807, 2.05) is 6.07 Å². The molecule has 0 aliphatic carbocycles. The molecule has 128 valence electrons. The van der Waals surface area contributed by atoms with Gasteiger partial charge in [-0.15, -0.1) is 0 Å². The second kappa shape index (κ2) is 7.15. The maximum Gasteiger partial charge on any atom is 0.251 e. The summed E-state index contributed by atoms with van der Waals surface area (Å²) in [6.45, 7) is 3.90. The van der Waals surface area contributed by atoms with Crippen molar-refractivity contribution in [3.05, 3.63) is 65.7 Å². The van der Waals surface area contributed by atoms with E-state index in [9.17, 15) is 13.2 Å². The molecular formula is C18H22N2O3S. The third-order valence-electron chi connectivity index (χ3n) is 3.62. The first kappa shape index (κ1) is 18.2. The molecule has 0 aliphatic heterocycles. The van der Waals surface area contributed by atoms with Crippen molar-refractivity contribution in [1.82, 2.24) is 5.32 Å². The quantitative estimate of drug-likeness (QED) is 0.838. The van der Waals surface area contributed by atoms with Gasteiger partial charge in [-0.25, -0.2) is 8.42 Å². The molecule has 0 saturated carbocycles. The summed E-state index contributed by atoms with van der Waals surface area (Å²) in [5, 5.41) is 2.79. The van der Waals surface area contributed by atoms with E-state index in [0.717, 1.165) is 0 Å². The van der Waals surface area contributed by atoms with E-state index >= 15 is 0 Å². The van der Waals surface area contributed by atoms with Crippen LogP contribution in [0.15, 0.2) is 59.5 Å². The van der Waals surface area contributed by atoms with E-state index in [-0.39, 0.29) is 23.1 Å². The third kappa shape index (κ3) is 4.66. The van der Waals surface area contributed by atoms with Gasteiger partial charge in [0.2, 0.25) is 0 Å². The number of nitrogens with two attached hydrogens (primary N) is 1. The fraction of sp³-hybridized carbons (Fsp3) is 0.278. The maximum atomic E-state index is 12.6. The second-order valence-corrected chi connectivity index (χ2v) is 8.30. The van der Waals surface area contributed by atoms with Gasteiger partial charge in [-0.2, -0.15) is 0 Å². The molecular weight excluding hydrogens is 324 g/mol. The van der Waals surface area contributed by atoms with Crippen LogP contribution in [0.1, 0.15) is 29.8 Å². The summed E-state index contributed by atoms with van der Waals surface area (Å²) in [7, 11) is -3.52. The van der Waals surface area contributed by atoms with E-state index in [0.29, 0.717) is 11.1 Å². The van der Waals surface area contributed by atoms with Gasteiger partial charge in [-0.3, -0.25) is 4.79 Å². The molecule has 6 heteroatoms. The van der Waals surface area contributed by atoms with Crippen LogP contribution in [0, 0.1) is 0 Å². The SMILES string of the molecule is CC(C)(CN)NC(=O)c1cccc(S(=O)(=O)Cc2ccccc2)c1. The Labute approximate surface area is 142 Å². The average Bonchev–Trinajstić information content (AvgIpc) is 2.55. The standard InChI is InChI=1S/C18H22N2O3S/c1-18(2,13-19)20-17(21)15-9-6-10-16(11-15)24(22,23)12-14-7-4-3-5-8-14/h3-11H,12-13,19H2,1-2H3,(H,20,21). The van der Waals surface area contributed by atoms with E-state index < -0.39 is 15.4 Å². The number of hydrogen-bond donors (Lipinski definition) is 2. The molecule has 0 heterocycles. The molecule has 2 aromatic rings. The maximum absolute atomic E-state index is 12.6. The monoisotopic (exact) mass is 346 g/mol. The van der Waals surface area contributed by atoms with E-state index in [2.05, 4.69) is 5.32 Å². The Hall–Kier alpha value is -2.18. The highest BCUT2D eigenvalue weighted by molar-refractivity contribution is 7.90. The fourth-order valence-electron chi connectivity index (χ4n) is 2.14. The summed E-state index contributed by atoms with van der Waals surface area (Å²) in [6.07, 6.45) is 0. The molecule has 0 radical (unpaired) electrons. The van der Waals surface area contributed by atoms with Gasteiger partial charge in [-0.1, -0.05) is 36.4 Å². The summed E-state index contributed by atoms with van der Waals surface area (Å²) in [5.74, 6) is -0.449. The Bertz CT molecular complexity index is 815. The number of amides is 1. The number of nitrogens with one attached hydrogen (secondary N) is 1. The van der Waals surface area contributed by atoms with Gasteiger partial charge >= 0.3 is 0 Å². The van der Waals surface area contributed by atoms with Crippen molar-refractivity contribution in [2.24, 2.45) is 5.73 Å². The van der Waals surface area contributed by atoms with Crippen LogP contribution < -0.4 is 11.1 Å². The normalized spacial score (nSPS) is 12.0. The van der Waals surface area contributed by atoms with Crippen molar-refractivity contribution in [1.29, 1.82) is 0 Å². The molecule has 0 spiro atoms. The number of carbonyl (C=O) groups is 1. The summed E-state index contributed by atoms with van der Waals surface area (Å²) in [4.78, 5) is 12.4. The van der Waals surface area contributed by atoms with Crippen molar-refractivity contribution < 1.29 is 13.2 Å². The molecule has 2 aromatic carbocycles. The Kier molecular flexibility index (Phi) is 5.41. The topological polar surface area (TPSA) is 89.3 Å². The molecule has 0 saturated heterocycles. The van der Waals surface area contributed by atoms with Crippen LogP contribution in [0.3, 0.4) is 0 Å². The predicted octanol–water partition coefficient (Wildman–Crippen LogP) is 2.13. The first-order valence-corrected chi connectivity index (χ1v) is 9.28. The van der Waals surface area contributed by atoms with E-state index in [4.69, 9.17) is 5.73 Å². The van der Waals surface area contributed by atoms with Gasteiger partial charge in [0.15, 0.2) is 9.84 Å². The number of rotatable bonds is 6. The molecule has 5 nitrogen and oxygen atoms in total. The van der Waals surface area contributed by atoms with Crippen LogP contribution >= 0.6 is 0 Å². The first-order chi connectivity index (χ1) is 11.2. The van der Waals surface area contributed by atoms with Gasteiger partial charge in [0, 0.05) is 17.6 Å². The van der Waals surface area contributed by atoms with E-state index in [1.165, 1.54) is 12.1 Å². The predicted molar refractivity (Wildman–Crippen MR) is 94.4 cm³/mol. The van der Waals surface area contributed by atoms with Crippen molar-refractivity contribution in [3.8, 4) is 0 Å². The Morgan fingerprint density at radius 3 is 2.38 bits per heavy atom. The van der Waals surface area contributed by atoms with Gasteiger partial charge in [0.25, 0.3) is 5.91 Å². The number of hydrogen-bond acceptors (Lipinski definition) is 4. The minimum atomic E-state index is -3.52. The van der Waals surface area contributed by atoms with Crippen molar-refractivity contribution in [3.63, 3.8) is 0 Å². The largest absolute Gasteiger partial charge is 0.346 e. The van der Waals surface area contributed by atoms with Gasteiger partial charge in [0.05, 0.1) is 10.6 Å². The highest BCUT2D eigenvalue weighted by Gasteiger charge is 2.21. The first-order valence-electron chi connectivity index (χ1n) is 7.63. The molecule has 3 N–H and O–H groups in total. The van der Waals surface area contributed by atoms with Crippen molar-refractivity contribution >= 4 is 15.7 Å². The number of sulfone groups is 1. The molecule has 0 aliphatic rings. The molecule has 0 unspecified atom stereocenters. The second-order valence-electron chi connectivity index (χ2n) is 6.31.